The second kappa shape index (κ2) is 7.38. The molecule has 0 saturated carbocycles. The third-order valence-electron chi connectivity index (χ3n) is 5.91. The van der Waals surface area contributed by atoms with Crippen LogP contribution in [0.15, 0.2) is 61.1 Å². The number of para-hydroxylation sites is 1. The highest BCUT2D eigenvalue weighted by molar-refractivity contribution is 5.88. The molecule has 2 saturated heterocycles. The number of aromatic nitrogens is 4. The summed E-state index contributed by atoms with van der Waals surface area (Å²) in [6.45, 7) is 2.97. The maximum Gasteiger partial charge on any atom is 0.256 e. The minimum atomic E-state index is -0.579. The van der Waals surface area contributed by atoms with Gasteiger partial charge in [0.2, 0.25) is 0 Å². The van der Waals surface area contributed by atoms with Gasteiger partial charge in [0.05, 0.1) is 22.9 Å². The van der Waals surface area contributed by atoms with E-state index in [-0.39, 0.29) is 11.4 Å². The lowest BCUT2D eigenvalue weighted by molar-refractivity contribution is 0.159. The molecule has 6 rings (SSSR count). The summed E-state index contributed by atoms with van der Waals surface area (Å²) in [5, 5.41) is 6.62. The predicted octanol–water partition coefficient (Wildman–Crippen LogP) is 3.65. The van der Waals surface area contributed by atoms with Crippen LogP contribution >= 0.6 is 0 Å². The van der Waals surface area contributed by atoms with Gasteiger partial charge >= 0.3 is 0 Å². The highest BCUT2D eigenvalue weighted by Crippen LogP contribution is 2.34. The summed E-state index contributed by atoms with van der Waals surface area (Å²) in [6, 6.07) is 14.2. The van der Waals surface area contributed by atoms with E-state index in [1.165, 1.54) is 25.0 Å². The fourth-order valence-electron chi connectivity index (χ4n) is 4.10. The molecule has 8 nitrogen and oxygen atoms in total. The van der Waals surface area contributed by atoms with Crippen molar-refractivity contribution in [2.75, 3.05) is 29.9 Å². The van der Waals surface area contributed by atoms with Gasteiger partial charge in [0.15, 0.2) is 11.6 Å². The van der Waals surface area contributed by atoms with Crippen LogP contribution in [0.2, 0.25) is 0 Å². The van der Waals surface area contributed by atoms with Crippen LogP contribution in [0, 0.1) is 5.82 Å². The molecule has 0 radical (unpaired) electrons. The molecular weight excluding hydrogens is 409 g/mol. The van der Waals surface area contributed by atoms with Crippen LogP contribution in [0.1, 0.15) is 6.42 Å². The van der Waals surface area contributed by atoms with Crippen molar-refractivity contribution in [3.63, 3.8) is 0 Å². The van der Waals surface area contributed by atoms with Crippen molar-refractivity contribution in [2.24, 2.45) is 0 Å². The third kappa shape index (κ3) is 3.36. The Morgan fingerprint density at radius 1 is 1.06 bits per heavy atom. The van der Waals surface area contributed by atoms with Crippen LogP contribution in [0.5, 0.6) is 11.6 Å². The number of nitrogens with one attached hydrogen (secondary N) is 2. The number of anilines is 3. The average Bonchev–Trinajstić information content (AvgIpc) is 2.75. The minimum absolute atomic E-state index is 0.0916. The minimum Gasteiger partial charge on any atom is -0.436 e. The molecule has 0 bridgehead atoms. The Morgan fingerprint density at radius 3 is 2.66 bits per heavy atom. The van der Waals surface area contributed by atoms with Crippen LogP contribution in [-0.4, -0.2) is 45.1 Å². The molecule has 0 unspecified atom stereocenters. The summed E-state index contributed by atoms with van der Waals surface area (Å²) in [7, 11) is 0. The third-order valence-corrected chi connectivity index (χ3v) is 5.91. The molecule has 2 aliphatic rings. The van der Waals surface area contributed by atoms with Crippen LogP contribution < -0.4 is 20.3 Å². The Labute approximate surface area is 183 Å². The van der Waals surface area contributed by atoms with E-state index in [4.69, 9.17) is 9.72 Å². The number of ether oxygens (including phenoxy) is 1. The number of halogens is 1. The average molecular weight is 429 g/mol. The van der Waals surface area contributed by atoms with Crippen LogP contribution in [0.25, 0.3) is 11.0 Å². The molecule has 2 aliphatic heterocycles. The van der Waals surface area contributed by atoms with Crippen molar-refractivity contribution in [2.45, 2.75) is 12.0 Å². The largest absolute Gasteiger partial charge is 0.436 e. The van der Waals surface area contributed by atoms with Gasteiger partial charge < -0.3 is 20.3 Å². The van der Waals surface area contributed by atoms with Gasteiger partial charge in [0, 0.05) is 19.2 Å². The molecule has 0 atom stereocenters. The Bertz CT molecular complexity index is 1290. The first-order valence-electron chi connectivity index (χ1n) is 10.4. The summed E-state index contributed by atoms with van der Waals surface area (Å²) in [6.07, 6.45) is 4.16. The molecule has 2 N–H and O–H groups in total. The SMILES string of the molecule is Fc1cc(Nc2ncnc3ccc(N4CC5(CCN5)C4)nc23)cnc1Oc1ccccc1. The number of nitrogens with zero attached hydrogens (tertiary/aromatic N) is 5. The second-order valence-corrected chi connectivity index (χ2v) is 8.12. The molecule has 32 heavy (non-hydrogen) atoms. The van der Waals surface area contributed by atoms with Crippen molar-refractivity contribution in [1.82, 2.24) is 25.3 Å². The number of pyridine rings is 2. The summed E-state index contributed by atoms with van der Waals surface area (Å²) >= 11 is 0. The van der Waals surface area contributed by atoms with Gasteiger partial charge in [-0.05, 0) is 37.2 Å². The number of hydrogen-bond acceptors (Lipinski definition) is 8. The van der Waals surface area contributed by atoms with Gasteiger partial charge in [-0.3, -0.25) is 0 Å². The molecule has 0 aliphatic carbocycles. The molecular formula is C23H20FN7O. The lowest BCUT2D eigenvalue weighted by Gasteiger charge is -2.56. The fourth-order valence-corrected chi connectivity index (χ4v) is 4.10. The Balaban J connectivity index is 1.24. The monoisotopic (exact) mass is 429 g/mol. The Hall–Kier alpha value is -3.85. The molecule has 5 heterocycles. The van der Waals surface area contributed by atoms with E-state index in [1.807, 2.05) is 30.3 Å². The van der Waals surface area contributed by atoms with E-state index < -0.39 is 5.82 Å². The molecule has 1 spiro atoms. The topological polar surface area (TPSA) is 88.1 Å². The molecule has 9 heteroatoms. The van der Waals surface area contributed by atoms with E-state index in [2.05, 4.69) is 30.5 Å². The maximum atomic E-state index is 14.6. The van der Waals surface area contributed by atoms with E-state index >= 15 is 0 Å². The Morgan fingerprint density at radius 2 is 1.91 bits per heavy atom. The number of benzene rings is 1. The van der Waals surface area contributed by atoms with Gasteiger partial charge in [0.1, 0.15) is 23.4 Å². The van der Waals surface area contributed by atoms with Crippen molar-refractivity contribution < 1.29 is 9.13 Å². The van der Waals surface area contributed by atoms with Gasteiger partial charge in [-0.2, -0.15) is 0 Å². The molecule has 160 valence electrons. The highest BCUT2D eigenvalue weighted by atomic mass is 19.1. The van der Waals surface area contributed by atoms with Crippen LogP contribution in [-0.2, 0) is 0 Å². The van der Waals surface area contributed by atoms with Crippen molar-refractivity contribution in [3.05, 3.63) is 66.9 Å². The first kappa shape index (κ1) is 18.9. The van der Waals surface area contributed by atoms with Crippen molar-refractivity contribution in [3.8, 4) is 11.6 Å². The predicted molar refractivity (Wildman–Crippen MR) is 119 cm³/mol. The highest BCUT2D eigenvalue weighted by Gasteiger charge is 2.47. The van der Waals surface area contributed by atoms with E-state index in [0.29, 0.717) is 28.3 Å². The van der Waals surface area contributed by atoms with Crippen LogP contribution in [0.3, 0.4) is 0 Å². The fraction of sp³-hybridized carbons (Fsp3) is 0.217. The first-order valence-corrected chi connectivity index (χ1v) is 10.4. The van der Waals surface area contributed by atoms with E-state index in [9.17, 15) is 4.39 Å². The molecule has 2 fully saturated rings. The maximum absolute atomic E-state index is 14.6. The lowest BCUT2D eigenvalue weighted by atomic mass is 9.80. The smallest absolute Gasteiger partial charge is 0.256 e. The zero-order chi connectivity index (χ0) is 21.5. The van der Waals surface area contributed by atoms with Gasteiger partial charge in [-0.15, -0.1) is 0 Å². The number of rotatable bonds is 5. The van der Waals surface area contributed by atoms with E-state index in [0.717, 1.165) is 25.5 Å². The summed E-state index contributed by atoms with van der Waals surface area (Å²) in [4.78, 5) is 19.8. The molecule has 4 aromatic rings. The van der Waals surface area contributed by atoms with Crippen LogP contribution in [0.4, 0.5) is 21.7 Å². The van der Waals surface area contributed by atoms with Gasteiger partial charge in [0.25, 0.3) is 5.88 Å². The quantitative estimate of drug-likeness (QED) is 0.497. The molecule has 0 amide bonds. The first-order chi connectivity index (χ1) is 15.7. The van der Waals surface area contributed by atoms with Gasteiger partial charge in [-0.1, -0.05) is 18.2 Å². The number of hydrogen-bond donors (Lipinski definition) is 2. The van der Waals surface area contributed by atoms with Crippen molar-refractivity contribution in [1.29, 1.82) is 0 Å². The summed E-state index contributed by atoms with van der Waals surface area (Å²) < 4.78 is 20.1. The standard InChI is InChI=1S/C23H20FN7O/c24-17-10-15(11-25-22(17)32-16-4-2-1-3-5-16)29-21-20-18(26-14-27-21)6-7-19(30-20)31-12-23(13-31)8-9-28-23/h1-7,10-11,14,28H,8-9,12-13H2,(H,26,27,29). The Kier molecular flexibility index (Phi) is 4.36. The molecule has 3 aromatic heterocycles. The zero-order valence-corrected chi connectivity index (χ0v) is 17.1. The summed E-state index contributed by atoms with van der Waals surface area (Å²) in [5.41, 5.74) is 2.03. The lowest BCUT2D eigenvalue weighted by Crippen LogP contribution is -2.76. The summed E-state index contributed by atoms with van der Waals surface area (Å²) in [5.74, 6) is 1.22. The zero-order valence-electron chi connectivity index (χ0n) is 17.1. The van der Waals surface area contributed by atoms with E-state index in [1.54, 1.807) is 12.1 Å². The van der Waals surface area contributed by atoms with Crippen molar-refractivity contribution >= 4 is 28.4 Å². The second-order valence-electron chi connectivity index (χ2n) is 8.12. The van der Waals surface area contributed by atoms with Gasteiger partial charge in [-0.25, -0.2) is 24.3 Å². The molecule has 1 aromatic carbocycles. The number of fused-ring (bicyclic) bond motifs is 1. The normalized spacial score (nSPS) is 16.5.